The SMILES string of the molecule is COc1ccc(Br)cc1S(=O)(=O)Nc1cc(Cl)ccc1Oc1ccccc1. The number of methoxy groups -OCH3 is 1. The number of sulfonamides is 1. The zero-order chi connectivity index (χ0) is 19.4. The van der Waals surface area contributed by atoms with E-state index in [4.69, 9.17) is 21.1 Å². The van der Waals surface area contributed by atoms with E-state index in [0.29, 0.717) is 21.0 Å². The summed E-state index contributed by atoms with van der Waals surface area (Å²) in [5, 5.41) is 0.370. The molecule has 140 valence electrons. The van der Waals surface area contributed by atoms with Gasteiger partial charge in [-0.3, -0.25) is 4.72 Å². The van der Waals surface area contributed by atoms with Gasteiger partial charge in [-0.05, 0) is 48.5 Å². The van der Waals surface area contributed by atoms with Gasteiger partial charge >= 0.3 is 0 Å². The smallest absolute Gasteiger partial charge is 0.265 e. The molecule has 0 amide bonds. The highest BCUT2D eigenvalue weighted by Crippen LogP contribution is 2.35. The summed E-state index contributed by atoms with van der Waals surface area (Å²) in [4.78, 5) is -0.00925. The summed E-state index contributed by atoms with van der Waals surface area (Å²) in [6.07, 6.45) is 0. The van der Waals surface area contributed by atoms with E-state index in [1.54, 1.807) is 36.4 Å². The van der Waals surface area contributed by atoms with E-state index < -0.39 is 10.0 Å². The van der Waals surface area contributed by atoms with Gasteiger partial charge in [0, 0.05) is 9.50 Å². The van der Waals surface area contributed by atoms with Gasteiger partial charge in [0.25, 0.3) is 10.0 Å². The van der Waals surface area contributed by atoms with E-state index in [9.17, 15) is 8.42 Å². The minimum absolute atomic E-state index is 0.00925. The first kappa shape index (κ1) is 19.5. The summed E-state index contributed by atoms with van der Waals surface area (Å²) in [5.41, 5.74) is 0.216. The Labute approximate surface area is 171 Å². The molecule has 0 radical (unpaired) electrons. The molecular weight excluding hydrogens is 454 g/mol. The monoisotopic (exact) mass is 467 g/mol. The minimum atomic E-state index is -3.95. The molecule has 0 aliphatic rings. The van der Waals surface area contributed by atoms with Crippen LogP contribution in [0.5, 0.6) is 17.2 Å². The molecule has 0 aliphatic heterocycles. The lowest BCUT2D eigenvalue weighted by atomic mass is 10.3. The van der Waals surface area contributed by atoms with Gasteiger partial charge in [0.15, 0.2) is 5.75 Å². The van der Waals surface area contributed by atoms with Crippen molar-refractivity contribution in [1.82, 2.24) is 0 Å². The topological polar surface area (TPSA) is 64.6 Å². The summed E-state index contributed by atoms with van der Waals surface area (Å²) in [5.74, 6) is 1.11. The molecule has 0 atom stereocenters. The van der Waals surface area contributed by atoms with Crippen LogP contribution in [0, 0.1) is 0 Å². The Balaban J connectivity index is 1.99. The molecule has 0 saturated heterocycles. The van der Waals surface area contributed by atoms with Crippen molar-refractivity contribution in [3.05, 3.63) is 76.2 Å². The number of anilines is 1. The van der Waals surface area contributed by atoms with Crippen molar-refractivity contribution in [2.75, 3.05) is 11.8 Å². The maximum atomic E-state index is 12.9. The van der Waals surface area contributed by atoms with Crippen molar-refractivity contribution in [2.45, 2.75) is 4.90 Å². The molecule has 5 nitrogen and oxygen atoms in total. The van der Waals surface area contributed by atoms with Crippen LogP contribution in [0.25, 0.3) is 0 Å². The summed E-state index contributed by atoms with van der Waals surface area (Å²) in [6.45, 7) is 0. The zero-order valence-corrected chi connectivity index (χ0v) is 17.3. The maximum absolute atomic E-state index is 12.9. The van der Waals surface area contributed by atoms with E-state index in [2.05, 4.69) is 20.7 Å². The third-order valence-corrected chi connectivity index (χ3v) is 5.69. The Morgan fingerprint density at radius 3 is 2.37 bits per heavy atom. The van der Waals surface area contributed by atoms with Crippen LogP contribution in [0.4, 0.5) is 5.69 Å². The number of nitrogens with one attached hydrogen (secondary N) is 1. The molecule has 0 aliphatic carbocycles. The van der Waals surface area contributed by atoms with E-state index in [-0.39, 0.29) is 16.3 Å². The van der Waals surface area contributed by atoms with Crippen molar-refractivity contribution < 1.29 is 17.9 Å². The molecule has 0 fully saturated rings. The molecule has 1 N–H and O–H groups in total. The molecule has 0 saturated carbocycles. The van der Waals surface area contributed by atoms with Crippen LogP contribution >= 0.6 is 27.5 Å². The van der Waals surface area contributed by atoms with Gasteiger partial charge < -0.3 is 9.47 Å². The fraction of sp³-hybridized carbons (Fsp3) is 0.0526. The largest absolute Gasteiger partial charge is 0.495 e. The van der Waals surface area contributed by atoms with Crippen LogP contribution in [0.1, 0.15) is 0 Å². The van der Waals surface area contributed by atoms with Crippen LogP contribution in [-0.2, 0) is 10.0 Å². The maximum Gasteiger partial charge on any atom is 0.265 e. The van der Waals surface area contributed by atoms with Crippen molar-refractivity contribution in [3.8, 4) is 17.2 Å². The number of rotatable bonds is 6. The molecule has 3 aromatic rings. The molecule has 8 heteroatoms. The lowest BCUT2D eigenvalue weighted by Gasteiger charge is -2.15. The number of para-hydroxylation sites is 1. The molecule has 0 bridgehead atoms. The Morgan fingerprint density at radius 2 is 1.67 bits per heavy atom. The number of benzene rings is 3. The summed E-state index contributed by atoms with van der Waals surface area (Å²) in [7, 11) is -2.55. The first-order chi connectivity index (χ1) is 12.9. The third kappa shape index (κ3) is 4.74. The lowest BCUT2D eigenvalue weighted by molar-refractivity contribution is 0.402. The lowest BCUT2D eigenvalue weighted by Crippen LogP contribution is -2.14. The third-order valence-electron chi connectivity index (χ3n) is 3.57. The molecule has 0 unspecified atom stereocenters. The number of hydrogen-bond acceptors (Lipinski definition) is 4. The molecule has 0 heterocycles. The summed E-state index contributed by atoms with van der Waals surface area (Å²) in [6, 6.07) is 18.5. The van der Waals surface area contributed by atoms with Gasteiger partial charge in [0.1, 0.15) is 16.4 Å². The standard InChI is InChI=1S/C19H15BrClNO4S/c1-25-18-9-7-13(20)11-19(18)27(23,24)22-16-12-14(21)8-10-17(16)26-15-5-3-2-4-6-15/h2-12,22H,1H3. The second-order valence-corrected chi connectivity index (χ2v) is 8.46. The van der Waals surface area contributed by atoms with E-state index in [1.807, 2.05) is 18.2 Å². The van der Waals surface area contributed by atoms with Crippen LogP contribution in [-0.4, -0.2) is 15.5 Å². The van der Waals surface area contributed by atoms with Gasteiger partial charge in [-0.2, -0.15) is 0 Å². The first-order valence-electron chi connectivity index (χ1n) is 7.78. The Kier molecular flexibility index (Phi) is 5.94. The van der Waals surface area contributed by atoms with Crippen LogP contribution < -0.4 is 14.2 Å². The van der Waals surface area contributed by atoms with Crippen LogP contribution in [0.15, 0.2) is 76.1 Å². The highest BCUT2D eigenvalue weighted by molar-refractivity contribution is 9.10. The fourth-order valence-corrected chi connectivity index (χ4v) is 4.29. The summed E-state index contributed by atoms with van der Waals surface area (Å²) < 4.78 is 40.0. The first-order valence-corrected chi connectivity index (χ1v) is 10.4. The van der Waals surface area contributed by atoms with Crippen LogP contribution in [0.2, 0.25) is 5.02 Å². The normalized spacial score (nSPS) is 11.1. The zero-order valence-electron chi connectivity index (χ0n) is 14.1. The minimum Gasteiger partial charge on any atom is -0.495 e. The molecule has 0 spiro atoms. The number of hydrogen-bond donors (Lipinski definition) is 1. The van der Waals surface area contributed by atoms with Gasteiger partial charge in [-0.15, -0.1) is 0 Å². The fourth-order valence-electron chi connectivity index (χ4n) is 2.35. The van der Waals surface area contributed by atoms with Gasteiger partial charge in [-0.1, -0.05) is 45.7 Å². The van der Waals surface area contributed by atoms with E-state index in [1.165, 1.54) is 19.2 Å². The summed E-state index contributed by atoms with van der Waals surface area (Å²) >= 11 is 9.34. The van der Waals surface area contributed by atoms with Gasteiger partial charge in [-0.25, -0.2) is 8.42 Å². The van der Waals surface area contributed by atoms with Crippen molar-refractivity contribution >= 4 is 43.2 Å². The average Bonchev–Trinajstić information content (AvgIpc) is 2.64. The number of ether oxygens (including phenoxy) is 2. The Bertz CT molecular complexity index is 1060. The highest BCUT2D eigenvalue weighted by Gasteiger charge is 2.22. The predicted molar refractivity (Wildman–Crippen MR) is 109 cm³/mol. The average molecular weight is 469 g/mol. The Morgan fingerprint density at radius 1 is 0.963 bits per heavy atom. The molecule has 3 rings (SSSR count). The Hall–Kier alpha value is -2.22. The van der Waals surface area contributed by atoms with Crippen molar-refractivity contribution in [3.63, 3.8) is 0 Å². The molecule has 0 aromatic heterocycles. The molecule has 27 heavy (non-hydrogen) atoms. The van der Waals surface area contributed by atoms with Crippen LogP contribution in [0.3, 0.4) is 0 Å². The van der Waals surface area contributed by atoms with E-state index in [0.717, 1.165) is 0 Å². The predicted octanol–water partition coefficient (Wildman–Crippen LogP) is 5.70. The van der Waals surface area contributed by atoms with Crippen molar-refractivity contribution in [2.24, 2.45) is 0 Å². The molecular formula is C19H15BrClNO4S. The second-order valence-electron chi connectivity index (χ2n) is 5.46. The highest BCUT2D eigenvalue weighted by atomic mass is 79.9. The van der Waals surface area contributed by atoms with Gasteiger partial charge in [0.2, 0.25) is 0 Å². The van der Waals surface area contributed by atoms with Gasteiger partial charge in [0.05, 0.1) is 12.8 Å². The van der Waals surface area contributed by atoms with Crippen molar-refractivity contribution in [1.29, 1.82) is 0 Å². The molecule has 3 aromatic carbocycles. The second kappa shape index (κ2) is 8.21. The number of halogens is 2. The van der Waals surface area contributed by atoms with E-state index >= 15 is 0 Å². The quantitative estimate of drug-likeness (QED) is 0.504.